The smallest absolute Gasteiger partial charge is 0.411 e. The number of aliphatic hydroxyl groups excluding tert-OH is 1. The number of hydrogen-bond acceptors (Lipinski definition) is 8. The van der Waals surface area contributed by atoms with E-state index in [0.717, 1.165) is 5.56 Å². The summed E-state index contributed by atoms with van der Waals surface area (Å²) >= 11 is 0. The zero-order valence-electron chi connectivity index (χ0n) is 25.5. The second-order valence-corrected chi connectivity index (χ2v) is 13.8. The van der Waals surface area contributed by atoms with Crippen molar-refractivity contribution in [2.45, 2.75) is 56.1 Å². The Hall–Kier alpha value is -4.02. The van der Waals surface area contributed by atoms with Crippen LogP contribution < -0.4 is 5.32 Å². The average Bonchev–Trinajstić information content (AvgIpc) is 3.75. The van der Waals surface area contributed by atoms with Crippen molar-refractivity contribution in [1.29, 1.82) is 0 Å². The molecule has 5 atom stereocenters. The zero-order valence-corrected chi connectivity index (χ0v) is 26.3. The highest BCUT2D eigenvalue weighted by Gasteiger charge is 2.49. The fourth-order valence-corrected chi connectivity index (χ4v) is 7.75. The Balaban J connectivity index is 1.42. The summed E-state index contributed by atoms with van der Waals surface area (Å²) in [5, 5.41) is 33.3. The molecule has 46 heavy (non-hydrogen) atoms. The highest BCUT2D eigenvalue weighted by molar-refractivity contribution is 7.89. The van der Waals surface area contributed by atoms with Gasteiger partial charge in [0.1, 0.15) is 0 Å². The molecule has 2 aliphatic heterocycles. The Morgan fingerprint density at radius 2 is 1.78 bits per heavy atom. The number of hydrogen-bond donors (Lipinski definition) is 5. The standard InChI is InChI=1S/C31H39N5O9S/c1-19(2)16-35(46(42,43)22-10-8-21(9-11-22)24-15-32-29(33-24)34-30(38)39)17-27(37)25(14-20-6-4-3-5-7-20)36(31(40)41)26-18-45-28-23(26)12-13-44-28/h3-11,15,19,23,25-28,37H,12-14,16-18H2,1-2H3,(H,38,39)(H,40,41)(H2,32,33,34)/t23?,25-,26?,27+,28?/m0/s1. The lowest BCUT2D eigenvalue weighted by molar-refractivity contribution is -0.0906. The Morgan fingerprint density at radius 3 is 2.43 bits per heavy atom. The van der Waals surface area contributed by atoms with Gasteiger partial charge in [0.05, 0.1) is 42.0 Å². The number of carboxylic acid groups (broad SMARTS) is 2. The molecule has 3 unspecified atom stereocenters. The van der Waals surface area contributed by atoms with Crippen LogP contribution in [0.5, 0.6) is 0 Å². The van der Waals surface area contributed by atoms with Gasteiger partial charge in [-0.3, -0.25) is 10.2 Å². The van der Waals surface area contributed by atoms with Gasteiger partial charge in [-0.25, -0.2) is 23.0 Å². The van der Waals surface area contributed by atoms with Crippen LogP contribution in [0.1, 0.15) is 25.8 Å². The van der Waals surface area contributed by atoms with Crippen LogP contribution in [0.4, 0.5) is 15.5 Å². The summed E-state index contributed by atoms with van der Waals surface area (Å²) in [5.74, 6) is -0.272. The molecule has 2 amide bonds. The van der Waals surface area contributed by atoms with E-state index < -0.39 is 46.7 Å². The first-order chi connectivity index (χ1) is 21.9. The third-order valence-electron chi connectivity index (χ3n) is 8.23. The number of aromatic amines is 1. The predicted molar refractivity (Wildman–Crippen MR) is 167 cm³/mol. The molecule has 0 spiro atoms. The number of nitrogens with one attached hydrogen (secondary N) is 2. The lowest BCUT2D eigenvalue weighted by Gasteiger charge is -2.39. The minimum atomic E-state index is -4.14. The molecule has 14 nitrogen and oxygen atoms in total. The molecule has 0 radical (unpaired) electrons. The average molecular weight is 658 g/mol. The number of carbonyl (C=O) groups is 2. The maximum absolute atomic E-state index is 14.0. The maximum Gasteiger partial charge on any atom is 0.411 e. The van der Waals surface area contributed by atoms with E-state index in [9.17, 15) is 28.2 Å². The van der Waals surface area contributed by atoms with Crippen molar-refractivity contribution in [1.82, 2.24) is 19.2 Å². The fraction of sp³-hybridized carbons (Fsp3) is 0.452. The van der Waals surface area contributed by atoms with E-state index in [1.807, 2.05) is 44.2 Å². The molecule has 3 heterocycles. The number of ether oxygens (including phenoxy) is 2. The van der Waals surface area contributed by atoms with Crippen molar-refractivity contribution in [3.05, 3.63) is 66.4 Å². The number of aromatic nitrogens is 2. The molecular formula is C31H39N5O9S. The van der Waals surface area contributed by atoms with Crippen LogP contribution in [0.3, 0.4) is 0 Å². The number of amides is 2. The summed E-state index contributed by atoms with van der Waals surface area (Å²) in [6.07, 6.45) is -2.12. The van der Waals surface area contributed by atoms with Gasteiger partial charge in [-0.15, -0.1) is 0 Å². The molecule has 248 valence electrons. The number of nitrogens with zero attached hydrogens (tertiary/aromatic N) is 3. The molecule has 5 rings (SSSR count). The Bertz CT molecular complexity index is 1600. The zero-order chi connectivity index (χ0) is 33.0. The number of H-pyrrole nitrogens is 1. The lowest BCUT2D eigenvalue weighted by Crippen LogP contribution is -2.57. The Morgan fingerprint density at radius 1 is 1.07 bits per heavy atom. The second-order valence-electron chi connectivity index (χ2n) is 11.9. The van der Waals surface area contributed by atoms with Crippen LogP contribution in [-0.2, 0) is 25.9 Å². The lowest BCUT2D eigenvalue weighted by atomic mass is 9.93. The minimum absolute atomic E-state index is 0.0200. The van der Waals surface area contributed by atoms with E-state index in [0.29, 0.717) is 24.3 Å². The van der Waals surface area contributed by atoms with Gasteiger partial charge < -0.3 is 29.8 Å². The molecule has 15 heteroatoms. The largest absolute Gasteiger partial charge is 0.465 e. The molecular weight excluding hydrogens is 618 g/mol. The summed E-state index contributed by atoms with van der Waals surface area (Å²) in [7, 11) is -4.14. The molecule has 3 aromatic rings. The van der Waals surface area contributed by atoms with E-state index in [2.05, 4.69) is 15.3 Å². The summed E-state index contributed by atoms with van der Waals surface area (Å²) in [6, 6.07) is 13.6. The molecule has 0 bridgehead atoms. The van der Waals surface area contributed by atoms with Crippen molar-refractivity contribution in [2.24, 2.45) is 11.8 Å². The molecule has 1 aromatic heterocycles. The first-order valence-corrected chi connectivity index (χ1v) is 16.5. The number of rotatable bonds is 13. The molecule has 2 fully saturated rings. The highest BCUT2D eigenvalue weighted by Crippen LogP contribution is 2.36. The van der Waals surface area contributed by atoms with Gasteiger partial charge >= 0.3 is 12.2 Å². The fourth-order valence-electron chi connectivity index (χ4n) is 6.12. The summed E-state index contributed by atoms with van der Waals surface area (Å²) in [5.41, 5.74) is 1.76. The maximum atomic E-state index is 14.0. The van der Waals surface area contributed by atoms with E-state index in [-0.39, 0.29) is 48.8 Å². The van der Waals surface area contributed by atoms with Crippen molar-refractivity contribution >= 4 is 28.2 Å². The third-order valence-corrected chi connectivity index (χ3v) is 10.1. The Kier molecular flexibility index (Phi) is 10.3. The van der Waals surface area contributed by atoms with Crippen LogP contribution >= 0.6 is 0 Å². The molecule has 2 saturated heterocycles. The van der Waals surface area contributed by atoms with Gasteiger partial charge in [0.2, 0.25) is 16.0 Å². The topological polar surface area (TPSA) is 195 Å². The van der Waals surface area contributed by atoms with Gasteiger partial charge in [0, 0.05) is 30.8 Å². The molecule has 2 aromatic carbocycles. The van der Waals surface area contributed by atoms with Crippen LogP contribution in [0, 0.1) is 11.8 Å². The molecule has 0 saturated carbocycles. The van der Waals surface area contributed by atoms with Crippen molar-refractivity contribution < 1.29 is 42.8 Å². The van der Waals surface area contributed by atoms with Gasteiger partial charge in [-0.2, -0.15) is 4.31 Å². The van der Waals surface area contributed by atoms with Crippen molar-refractivity contribution in [3.8, 4) is 11.3 Å². The van der Waals surface area contributed by atoms with E-state index in [1.165, 1.54) is 27.5 Å². The van der Waals surface area contributed by atoms with Crippen molar-refractivity contribution in [3.63, 3.8) is 0 Å². The quantitative estimate of drug-likeness (QED) is 0.182. The highest BCUT2D eigenvalue weighted by atomic mass is 32.2. The van der Waals surface area contributed by atoms with Gasteiger partial charge in [0.15, 0.2) is 6.29 Å². The number of sulfonamides is 1. The van der Waals surface area contributed by atoms with E-state index in [1.54, 1.807) is 12.1 Å². The Labute approximate surface area is 267 Å². The summed E-state index contributed by atoms with van der Waals surface area (Å²) in [6.45, 7) is 4.03. The second kappa shape index (κ2) is 14.2. The number of imidazole rings is 1. The number of fused-ring (bicyclic) bond motifs is 1. The van der Waals surface area contributed by atoms with Crippen LogP contribution in [0.2, 0.25) is 0 Å². The molecule has 5 N–H and O–H groups in total. The molecule has 2 aliphatic rings. The van der Waals surface area contributed by atoms with Gasteiger partial charge in [0.25, 0.3) is 0 Å². The number of aliphatic hydroxyl groups is 1. The third kappa shape index (κ3) is 7.50. The van der Waals surface area contributed by atoms with E-state index >= 15 is 0 Å². The summed E-state index contributed by atoms with van der Waals surface area (Å²) < 4.78 is 40.6. The predicted octanol–water partition coefficient (Wildman–Crippen LogP) is 3.53. The monoisotopic (exact) mass is 657 g/mol. The minimum Gasteiger partial charge on any atom is -0.465 e. The van der Waals surface area contributed by atoms with Crippen LogP contribution in [-0.4, -0.2) is 106 Å². The van der Waals surface area contributed by atoms with Crippen molar-refractivity contribution in [2.75, 3.05) is 31.6 Å². The normalized spacial score (nSPS) is 20.8. The number of benzene rings is 2. The SMILES string of the molecule is CC(C)CN(C[C@@H](O)[C@H](Cc1ccccc1)N(C(=O)O)C1COC2OCCC21)S(=O)(=O)c1ccc(-c2c[nH]c(NC(=O)O)n2)cc1. The molecule has 0 aliphatic carbocycles. The number of anilines is 1. The van der Waals surface area contributed by atoms with E-state index in [4.69, 9.17) is 14.6 Å². The van der Waals surface area contributed by atoms with Gasteiger partial charge in [-0.05, 0) is 36.5 Å². The van der Waals surface area contributed by atoms with Gasteiger partial charge in [-0.1, -0.05) is 56.3 Å². The first kappa shape index (κ1) is 33.3. The van der Waals surface area contributed by atoms with Crippen LogP contribution in [0.25, 0.3) is 11.3 Å². The first-order valence-electron chi connectivity index (χ1n) is 15.1. The summed E-state index contributed by atoms with van der Waals surface area (Å²) in [4.78, 5) is 31.8. The van der Waals surface area contributed by atoms with Crippen LogP contribution in [0.15, 0.2) is 65.7 Å².